The highest BCUT2D eigenvalue weighted by Gasteiger charge is 2.26. The molecule has 2 aliphatic heterocycles. The minimum atomic E-state index is -0.400. The van der Waals surface area contributed by atoms with Crippen molar-refractivity contribution in [3.63, 3.8) is 0 Å². The van der Waals surface area contributed by atoms with Crippen LogP contribution in [0.3, 0.4) is 0 Å². The molecule has 9 aromatic rings. The maximum absolute atomic E-state index is 13.1. The predicted octanol–water partition coefficient (Wildman–Crippen LogP) is 15.3. The van der Waals surface area contributed by atoms with Gasteiger partial charge in [0.2, 0.25) is 0 Å². The van der Waals surface area contributed by atoms with Gasteiger partial charge in [0.05, 0.1) is 46.8 Å². The first-order chi connectivity index (χ1) is 39.5. The van der Waals surface area contributed by atoms with Crippen LogP contribution in [0.4, 0.5) is 11.4 Å². The Kier molecular flexibility index (Phi) is 14.6. The monoisotopic (exact) mass is 1080 g/mol. The molecule has 0 fully saturated rings. The Morgan fingerprint density at radius 2 is 0.756 bits per heavy atom. The van der Waals surface area contributed by atoms with Crippen molar-refractivity contribution in [2.24, 2.45) is 0 Å². The molecule has 12 nitrogen and oxygen atoms in total. The maximum atomic E-state index is 13.1. The Bertz CT molecular complexity index is 4210. The topological polar surface area (TPSA) is 142 Å². The lowest BCUT2D eigenvalue weighted by Gasteiger charge is -2.13. The number of nitrogens with zero attached hydrogens (tertiary/aromatic N) is 6. The molecular formula is C70H66N8O4. The maximum Gasteiger partial charge on any atom is 0.338 e. The molecule has 3 aromatic heterocycles. The number of anilines is 2. The normalized spacial score (nSPS) is 12.0. The van der Waals surface area contributed by atoms with Crippen LogP contribution in [0.25, 0.3) is 90.1 Å². The van der Waals surface area contributed by atoms with Crippen LogP contribution in [0.15, 0.2) is 133 Å². The second-order valence-electron chi connectivity index (χ2n) is 21.6. The van der Waals surface area contributed by atoms with Crippen LogP contribution in [0.2, 0.25) is 0 Å². The van der Waals surface area contributed by atoms with E-state index in [4.69, 9.17) is 29.4 Å². The standard InChI is InChI=1S/C70H66N8O4/c1-13-81-69(79)49-19-15-45(16-20-49)53-35-57-63(61-41(5)31-39(3)32-42(61)6)59-37-55(47-23-27-51(28-24-47)77(9)10)67(73-59)76-68-56(48-25-29-52(30-26-48)78(11)12)38-60(74-68)64(62-43(7)33-40(4)34-44(62)8)58-36-54(66(72-58)75-65(53)71-57)46-17-21-50(22-18-46)70(80)82-14-2/h15-38H,13-14H2,1-12H3,(H,71,72,75)(H,73,74,76). The zero-order chi connectivity index (χ0) is 57.7. The summed E-state index contributed by atoms with van der Waals surface area (Å²) in [6.07, 6.45) is 4.26. The molecule has 0 unspecified atom stereocenters. The van der Waals surface area contributed by atoms with E-state index >= 15 is 0 Å². The van der Waals surface area contributed by atoms with Crippen LogP contribution in [0.5, 0.6) is 0 Å². The van der Waals surface area contributed by atoms with Crippen molar-refractivity contribution in [2.45, 2.75) is 55.4 Å². The fraction of sp³-hybridized carbons (Fsp3) is 0.200. The number of esters is 2. The summed E-state index contributed by atoms with van der Waals surface area (Å²) in [5.74, 6) is 0.186. The highest BCUT2D eigenvalue weighted by molar-refractivity contribution is 6.04. The van der Waals surface area contributed by atoms with E-state index in [2.05, 4.69) is 158 Å². The quantitative estimate of drug-likeness (QED) is 0.114. The second-order valence-corrected chi connectivity index (χ2v) is 21.6. The van der Waals surface area contributed by atoms with Gasteiger partial charge in [-0.05, 0) is 184 Å². The third-order valence-corrected chi connectivity index (χ3v) is 15.2. The van der Waals surface area contributed by atoms with Gasteiger partial charge in [-0.25, -0.2) is 29.5 Å². The fourth-order valence-corrected chi connectivity index (χ4v) is 11.5. The van der Waals surface area contributed by atoms with Crippen LogP contribution in [-0.4, -0.2) is 83.2 Å². The van der Waals surface area contributed by atoms with E-state index in [9.17, 15) is 9.59 Å². The van der Waals surface area contributed by atoms with Gasteiger partial charge in [-0.15, -0.1) is 0 Å². The zero-order valence-electron chi connectivity index (χ0n) is 48.6. The summed E-state index contributed by atoms with van der Waals surface area (Å²) >= 11 is 0. The van der Waals surface area contributed by atoms with Gasteiger partial charge in [0.15, 0.2) is 11.6 Å². The van der Waals surface area contributed by atoms with E-state index in [1.165, 1.54) is 0 Å². The van der Waals surface area contributed by atoms with E-state index in [0.717, 1.165) is 123 Å². The molecule has 0 atom stereocenters. The molecule has 410 valence electrons. The van der Waals surface area contributed by atoms with Gasteiger partial charge in [0.25, 0.3) is 0 Å². The van der Waals surface area contributed by atoms with Crippen LogP contribution in [0.1, 0.15) is 102 Å². The Labute approximate surface area is 478 Å². The first-order valence-corrected chi connectivity index (χ1v) is 27.7. The van der Waals surface area contributed by atoms with Crippen molar-refractivity contribution in [1.82, 2.24) is 29.9 Å². The van der Waals surface area contributed by atoms with E-state index < -0.39 is 11.9 Å². The number of carbonyl (C=O) groups excluding carboxylic acids is 2. The largest absolute Gasteiger partial charge is 0.462 e. The number of nitrogens with one attached hydrogen (secondary N) is 2. The molecular weight excluding hydrogens is 1020 g/mol. The van der Waals surface area contributed by atoms with Crippen LogP contribution in [0, 0.1) is 41.5 Å². The van der Waals surface area contributed by atoms with Gasteiger partial charge >= 0.3 is 11.9 Å². The summed E-state index contributed by atoms with van der Waals surface area (Å²) in [5.41, 5.74) is 24.3. The zero-order valence-corrected chi connectivity index (χ0v) is 48.6. The molecule has 82 heavy (non-hydrogen) atoms. The summed E-state index contributed by atoms with van der Waals surface area (Å²) in [5, 5.41) is 0. The van der Waals surface area contributed by atoms with Crippen LogP contribution < -0.4 is 9.80 Å². The van der Waals surface area contributed by atoms with Crippen LogP contribution in [-0.2, 0) is 9.47 Å². The van der Waals surface area contributed by atoms with Crippen molar-refractivity contribution in [3.05, 3.63) is 212 Å². The fourth-order valence-electron chi connectivity index (χ4n) is 11.5. The molecule has 0 saturated heterocycles. The minimum absolute atomic E-state index is 0.260. The molecule has 0 amide bonds. The summed E-state index contributed by atoms with van der Waals surface area (Å²) in [7, 11) is 8.17. The van der Waals surface area contributed by atoms with E-state index in [0.29, 0.717) is 45.5 Å². The number of hydrogen-bond donors (Lipinski definition) is 2. The van der Waals surface area contributed by atoms with Gasteiger partial charge in [-0.1, -0.05) is 83.9 Å². The molecule has 0 saturated carbocycles. The van der Waals surface area contributed by atoms with Gasteiger partial charge in [-0.3, -0.25) is 0 Å². The average Bonchev–Trinajstić information content (AvgIpc) is 4.12. The van der Waals surface area contributed by atoms with Crippen molar-refractivity contribution in [1.29, 1.82) is 0 Å². The number of fused-ring (bicyclic) bond motifs is 8. The highest BCUT2D eigenvalue weighted by Crippen LogP contribution is 2.43. The number of aromatic nitrogens is 6. The lowest BCUT2D eigenvalue weighted by atomic mass is 9.92. The highest BCUT2D eigenvalue weighted by atomic mass is 16.5. The Morgan fingerprint density at radius 3 is 1.10 bits per heavy atom. The second kappa shape index (κ2) is 22.1. The number of aryl methyl sites for hydroxylation is 6. The Morgan fingerprint density at radius 1 is 0.427 bits per heavy atom. The van der Waals surface area contributed by atoms with E-state index in [1.807, 2.05) is 52.5 Å². The number of rotatable bonds is 12. The molecule has 6 aromatic carbocycles. The number of H-pyrrole nitrogens is 2. The Balaban J connectivity index is 1.34. The number of ether oxygens (including phenoxy) is 2. The van der Waals surface area contributed by atoms with Gasteiger partial charge in [-0.2, -0.15) is 0 Å². The molecule has 0 spiro atoms. The van der Waals surface area contributed by atoms with Crippen molar-refractivity contribution < 1.29 is 19.1 Å². The first-order valence-electron chi connectivity index (χ1n) is 27.7. The lowest BCUT2D eigenvalue weighted by Crippen LogP contribution is -2.08. The molecule has 2 aliphatic rings. The Hall–Kier alpha value is -9.68. The summed E-state index contributed by atoms with van der Waals surface area (Å²) < 4.78 is 10.8. The smallest absolute Gasteiger partial charge is 0.338 e. The van der Waals surface area contributed by atoms with Gasteiger partial charge < -0.3 is 29.2 Å². The lowest BCUT2D eigenvalue weighted by molar-refractivity contribution is 0.0517. The summed E-state index contributed by atoms with van der Waals surface area (Å²) in [4.78, 5) is 60.6. The molecule has 0 radical (unpaired) electrons. The van der Waals surface area contributed by atoms with Crippen molar-refractivity contribution in [3.8, 4) is 44.5 Å². The van der Waals surface area contributed by atoms with Gasteiger partial charge in [0, 0.05) is 73.0 Å². The number of hydrogen-bond acceptors (Lipinski definition) is 10. The molecule has 0 aliphatic carbocycles. The number of aromatic amines is 2. The average molecular weight is 1080 g/mol. The van der Waals surface area contributed by atoms with Crippen LogP contribution >= 0.6 is 0 Å². The molecule has 12 heteroatoms. The number of benzene rings is 6. The predicted molar refractivity (Wildman–Crippen MR) is 334 cm³/mol. The van der Waals surface area contributed by atoms with Crippen molar-refractivity contribution >= 4 is 68.9 Å². The molecule has 2 N–H and O–H groups in total. The van der Waals surface area contributed by atoms with Crippen molar-refractivity contribution in [2.75, 3.05) is 51.2 Å². The molecule has 11 rings (SSSR count). The molecule has 8 bridgehead atoms. The SMILES string of the molecule is CCOC(=O)c1ccc(C2=Cc3nc2nc2[nH]c(cc2-c2ccc(C(=O)OCC)cc2)c(-c2c(C)cc(C)cc2C)c2nc(nc4[nH]c(cc4-c4ccc(N(C)C)cc4)c3-c3c(C)cc(C)cc3C)C(c3ccc(N(C)C)cc3)=C2)cc1. The number of carbonyl (C=O) groups is 2. The summed E-state index contributed by atoms with van der Waals surface area (Å²) in [6, 6.07) is 45.1. The minimum Gasteiger partial charge on any atom is -0.462 e. The third-order valence-electron chi connectivity index (χ3n) is 15.2. The van der Waals surface area contributed by atoms with Gasteiger partial charge in [0.1, 0.15) is 11.3 Å². The van der Waals surface area contributed by atoms with E-state index in [1.54, 1.807) is 38.1 Å². The molecule has 5 heterocycles. The summed E-state index contributed by atoms with van der Waals surface area (Å²) in [6.45, 7) is 16.9. The van der Waals surface area contributed by atoms with E-state index in [-0.39, 0.29) is 13.2 Å². The third kappa shape index (κ3) is 10.4. The first kappa shape index (κ1) is 54.3.